The van der Waals surface area contributed by atoms with Crippen LogP contribution in [-0.4, -0.2) is 39.8 Å². The van der Waals surface area contributed by atoms with E-state index in [0.717, 1.165) is 0 Å². The minimum absolute atomic E-state index is 0.132. The first-order valence-electron chi connectivity index (χ1n) is 5.48. The normalized spacial score (nSPS) is 21.2. The molecular weight excluding hydrogens is 230 g/mol. The third-order valence-corrected chi connectivity index (χ3v) is 4.07. The first kappa shape index (κ1) is 13.9. The Balaban J connectivity index is 2.68. The Bertz CT molecular complexity index is 310. The quantitative estimate of drug-likeness (QED) is 0.604. The van der Waals surface area contributed by atoms with Crippen LogP contribution in [0.2, 0.25) is 0 Å². The topological polar surface area (TPSA) is 93.5 Å². The molecule has 0 amide bonds. The minimum atomic E-state index is -3.49. The van der Waals surface area contributed by atoms with Gasteiger partial charge in [-0.2, -0.15) is 17.9 Å². The molecule has 0 bridgehead atoms. The largest absolute Gasteiger partial charge is 0.381 e. The maximum atomic E-state index is 11.8. The van der Waals surface area contributed by atoms with Crippen LogP contribution in [0.5, 0.6) is 0 Å². The van der Waals surface area contributed by atoms with Crippen LogP contribution in [0.15, 0.2) is 0 Å². The van der Waals surface area contributed by atoms with Gasteiger partial charge in [0.1, 0.15) is 0 Å². The van der Waals surface area contributed by atoms with E-state index in [9.17, 15) is 8.42 Å². The summed E-state index contributed by atoms with van der Waals surface area (Å²) in [6.45, 7) is 4.93. The summed E-state index contributed by atoms with van der Waals surface area (Å²) >= 11 is 0. The Morgan fingerprint density at radius 1 is 1.38 bits per heavy atom. The van der Waals surface area contributed by atoms with Gasteiger partial charge < -0.3 is 10.5 Å². The Kier molecular flexibility index (Phi) is 4.69. The lowest BCUT2D eigenvalue weighted by molar-refractivity contribution is 0.0500. The molecule has 6 nitrogen and oxygen atoms in total. The number of rotatable bonds is 5. The highest BCUT2D eigenvalue weighted by Crippen LogP contribution is 2.20. The van der Waals surface area contributed by atoms with E-state index < -0.39 is 15.7 Å². The first-order valence-corrected chi connectivity index (χ1v) is 6.96. The van der Waals surface area contributed by atoms with Gasteiger partial charge in [-0.3, -0.25) is 0 Å². The molecular formula is C9H21N3O3S. The summed E-state index contributed by atoms with van der Waals surface area (Å²) in [5.74, 6) is 0. The van der Waals surface area contributed by atoms with Gasteiger partial charge in [-0.1, -0.05) is 0 Å². The molecule has 0 unspecified atom stereocenters. The molecule has 0 aromatic carbocycles. The standard InChI is InChI=1S/C9H21N3O3S/c1-8(2)11-16(13,14)12-9(7-10)3-5-15-6-4-9/h8,11-12H,3-7,10H2,1-2H3. The average molecular weight is 251 g/mol. The molecule has 1 aliphatic rings. The number of nitrogens with one attached hydrogen (secondary N) is 2. The van der Waals surface area contributed by atoms with Gasteiger partial charge in [0.2, 0.25) is 0 Å². The smallest absolute Gasteiger partial charge is 0.277 e. The van der Waals surface area contributed by atoms with E-state index in [1.807, 2.05) is 0 Å². The maximum absolute atomic E-state index is 11.8. The molecule has 0 atom stereocenters. The van der Waals surface area contributed by atoms with Gasteiger partial charge in [-0.15, -0.1) is 0 Å². The second-order valence-corrected chi connectivity index (χ2v) is 5.92. The molecule has 1 aliphatic heterocycles. The fourth-order valence-electron chi connectivity index (χ4n) is 1.73. The van der Waals surface area contributed by atoms with Gasteiger partial charge in [0.15, 0.2) is 0 Å². The van der Waals surface area contributed by atoms with Crippen molar-refractivity contribution >= 4 is 10.2 Å². The molecule has 96 valence electrons. The molecule has 16 heavy (non-hydrogen) atoms. The molecule has 0 radical (unpaired) electrons. The fourth-order valence-corrected chi connectivity index (χ4v) is 3.27. The highest BCUT2D eigenvalue weighted by Gasteiger charge is 2.35. The zero-order valence-electron chi connectivity index (χ0n) is 9.82. The summed E-state index contributed by atoms with van der Waals surface area (Å²) in [4.78, 5) is 0. The van der Waals surface area contributed by atoms with E-state index in [1.54, 1.807) is 13.8 Å². The predicted octanol–water partition coefficient (Wildman–Crippen LogP) is -0.673. The van der Waals surface area contributed by atoms with E-state index >= 15 is 0 Å². The van der Waals surface area contributed by atoms with E-state index in [-0.39, 0.29) is 12.6 Å². The highest BCUT2D eigenvalue weighted by atomic mass is 32.2. The van der Waals surface area contributed by atoms with Gasteiger partial charge in [-0.25, -0.2) is 0 Å². The van der Waals surface area contributed by atoms with Crippen LogP contribution in [0.1, 0.15) is 26.7 Å². The summed E-state index contributed by atoms with van der Waals surface area (Å²) in [6.07, 6.45) is 1.23. The second-order valence-electron chi connectivity index (χ2n) is 4.47. The van der Waals surface area contributed by atoms with Crippen LogP contribution < -0.4 is 15.2 Å². The molecule has 0 aromatic heterocycles. The lowest BCUT2D eigenvalue weighted by Crippen LogP contribution is -2.59. The molecule has 1 fully saturated rings. The van der Waals surface area contributed by atoms with Gasteiger partial charge >= 0.3 is 0 Å². The Morgan fingerprint density at radius 2 is 1.94 bits per heavy atom. The third-order valence-electron chi connectivity index (χ3n) is 2.58. The Morgan fingerprint density at radius 3 is 2.38 bits per heavy atom. The molecule has 0 spiro atoms. The average Bonchev–Trinajstić information content (AvgIpc) is 2.16. The third kappa shape index (κ3) is 3.99. The van der Waals surface area contributed by atoms with Crippen molar-refractivity contribution in [2.45, 2.75) is 38.3 Å². The Labute approximate surface area is 97.1 Å². The van der Waals surface area contributed by atoms with Crippen LogP contribution in [0.4, 0.5) is 0 Å². The first-order chi connectivity index (χ1) is 7.39. The summed E-state index contributed by atoms with van der Waals surface area (Å²) in [5, 5.41) is 0. The molecule has 1 saturated heterocycles. The molecule has 0 aliphatic carbocycles. The zero-order valence-corrected chi connectivity index (χ0v) is 10.6. The summed E-state index contributed by atoms with van der Waals surface area (Å²) in [7, 11) is -3.49. The molecule has 7 heteroatoms. The molecule has 1 heterocycles. The molecule has 0 aromatic rings. The number of nitrogens with two attached hydrogens (primary N) is 1. The number of ether oxygens (including phenoxy) is 1. The Hall–Kier alpha value is -0.210. The SMILES string of the molecule is CC(C)NS(=O)(=O)NC1(CN)CCOCC1. The van der Waals surface area contributed by atoms with Crippen LogP contribution in [-0.2, 0) is 14.9 Å². The van der Waals surface area contributed by atoms with Crippen LogP contribution in [0, 0.1) is 0 Å². The molecule has 1 rings (SSSR count). The fraction of sp³-hybridized carbons (Fsp3) is 1.00. The van der Waals surface area contributed by atoms with Crippen molar-refractivity contribution in [2.24, 2.45) is 5.73 Å². The number of hydrogen-bond donors (Lipinski definition) is 3. The summed E-state index contributed by atoms with van der Waals surface area (Å²) in [6, 6.07) is -0.132. The van der Waals surface area contributed by atoms with E-state index in [4.69, 9.17) is 10.5 Å². The minimum Gasteiger partial charge on any atom is -0.381 e. The zero-order chi connectivity index (χ0) is 12.2. The van der Waals surface area contributed by atoms with Crippen molar-refractivity contribution in [1.82, 2.24) is 9.44 Å². The van der Waals surface area contributed by atoms with Gasteiger partial charge in [0, 0.05) is 25.8 Å². The van der Waals surface area contributed by atoms with Gasteiger partial charge in [-0.05, 0) is 26.7 Å². The molecule has 4 N–H and O–H groups in total. The summed E-state index contributed by atoms with van der Waals surface area (Å²) in [5.41, 5.74) is 5.11. The van der Waals surface area contributed by atoms with Crippen molar-refractivity contribution in [2.75, 3.05) is 19.8 Å². The van der Waals surface area contributed by atoms with Gasteiger partial charge in [0.05, 0.1) is 5.54 Å². The van der Waals surface area contributed by atoms with E-state index in [0.29, 0.717) is 26.1 Å². The number of hydrogen-bond acceptors (Lipinski definition) is 4. The van der Waals surface area contributed by atoms with Crippen molar-refractivity contribution in [1.29, 1.82) is 0 Å². The monoisotopic (exact) mass is 251 g/mol. The predicted molar refractivity (Wildman–Crippen MR) is 62.2 cm³/mol. The van der Waals surface area contributed by atoms with E-state index in [1.165, 1.54) is 0 Å². The van der Waals surface area contributed by atoms with Crippen LogP contribution >= 0.6 is 0 Å². The van der Waals surface area contributed by atoms with Crippen molar-refractivity contribution in [3.05, 3.63) is 0 Å². The highest BCUT2D eigenvalue weighted by molar-refractivity contribution is 7.87. The van der Waals surface area contributed by atoms with E-state index in [2.05, 4.69) is 9.44 Å². The van der Waals surface area contributed by atoms with Crippen LogP contribution in [0.25, 0.3) is 0 Å². The van der Waals surface area contributed by atoms with Crippen molar-refractivity contribution < 1.29 is 13.2 Å². The van der Waals surface area contributed by atoms with Crippen LogP contribution in [0.3, 0.4) is 0 Å². The van der Waals surface area contributed by atoms with Gasteiger partial charge in [0.25, 0.3) is 10.2 Å². The second kappa shape index (κ2) is 5.42. The maximum Gasteiger partial charge on any atom is 0.277 e. The summed E-state index contributed by atoms with van der Waals surface area (Å²) < 4.78 is 33.9. The lowest BCUT2D eigenvalue weighted by Gasteiger charge is -2.36. The van der Waals surface area contributed by atoms with Crippen molar-refractivity contribution in [3.63, 3.8) is 0 Å². The molecule has 0 saturated carbocycles. The van der Waals surface area contributed by atoms with Crippen molar-refractivity contribution in [3.8, 4) is 0 Å². The lowest BCUT2D eigenvalue weighted by atomic mass is 9.92.